The summed E-state index contributed by atoms with van der Waals surface area (Å²) in [6.45, 7) is 5.25. The van der Waals surface area contributed by atoms with E-state index >= 15 is 0 Å². The number of halogens is 1. The van der Waals surface area contributed by atoms with Crippen molar-refractivity contribution in [1.82, 2.24) is 15.6 Å². The molecule has 0 bridgehead atoms. The number of carbonyl (C=O) groups excluding carboxylic acids is 1. The molecule has 1 aromatic carbocycles. The van der Waals surface area contributed by atoms with Gasteiger partial charge in [-0.2, -0.15) is 0 Å². The van der Waals surface area contributed by atoms with Gasteiger partial charge in [-0.3, -0.25) is 9.78 Å². The minimum atomic E-state index is -0.314. The van der Waals surface area contributed by atoms with Crippen molar-refractivity contribution in [1.29, 1.82) is 0 Å². The zero-order valence-corrected chi connectivity index (χ0v) is 16.5. The first kappa shape index (κ1) is 19.5. The standard InChI is InChI=1S/C23H25FN4O/c1-15-12-19(16-4-8-25-9-5-16)20(24)13-22(15)28-23(29)18-2-3-21(27-14-18)17-6-10-26-11-7-17/h2-4,6,12-14,25-26H,5,7-11H2,1H3,(H,28,29). The number of nitrogens with zero attached hydrogens (tertiary/aromatic N) is 1. The van der Waals surface area contributed by atoms with Crippen molar-refractivity contribution in [3.05, 3.63) is 70.8 Å². The van der Waals surface area contributed by atoms with Crippen LogP contribution in [0.2, 0.25) is 0 Å². The summed E-state index contributed by atoms with van der Waals surface area (Å²) >= 11 is 0. The van der Waals surface area contributed by atoms with Crippen LogP contribution in [0.15, 0.2) is 42.6 Å². The van der Waals surface area contributed by atoms with E-state index < -0.39 is 0 Å². The molecular formula is C23H25FN4O. The van der Waals surface area contributed by atoms with E-state index in [1.54, 1.807) is 12.3 Å². The van der Waals surface area contributed by atoms with Gasteiger partial charge in [-0.1, -0.05) is 12.2 Å². The molecule has 1 amide bonds. The maximum absolute atomic E-state index is 14.7. The zero-order valence-electron chi connectivity index (χ0n) is 16.5. The van der Waals surface area contributed by atoms with Crippen LogP contribution >= 0.6 is 0 Å². The maximum atomic E-state index is 14.7. The zero-order chi connectivity index (χ0) is 20.2. The lowest BCUT2D eigenvalue weighted by Crippen LogP contribution is -2.20. The van der Waals surface area contributed by atoms with Crippen LogP contribution in [0, 0.1) is 12.7 Å². The average molecular weight is 392 g/mol. The van der Waals surface area contributed by atoms with Crippen molar-refractivity contribution >= 4 is 22.7 Å². The third-order valence-corrected chi connectivity index (χ3v) is 5.39. The molecule has 0 unspecified atom stereocenters. The Kier molecular flexibility index (Phi) is 5.83. The van der Waals surface area contributed by atoms with E-state index in [1.807, 2.05) is 25.1 Å². The molecule has 0 radical (unpaired) electrons. The van der Waals surface area contributed by atoms with Crippen molar-refractivity contribution in [3.8, 4) is 0 Å². The SMILES string of the molecule is Cc1cc(C2=CCNCC2)c(F)cc1NC(=O)c1ccc(C2=CCNCC2)nc1. The summed E-state index contributed by atoms with van der Waals surface area (Å²) in [4.78, 5) is 17.1. The molecule has 4 rings (SSSR count). The Morgan fingerprint density at radius 3 is 2.41 bits per heavy atom. The average Bonchev–Trinajstić information content (AvgIpc) is 2.77. The van der Waals surface area contributed by atoms with E-state index in [0.29, 0.717) is 16.8 Å². The van der Waals surface area contributed by atoms with E-state index in [4.69, 9.17) is 0 Å². The number of amides is 1. The molecule has 0 spiro atoms. The second kappa shape index (κ2) is 8.68. The first-order chi connectivity index (χ1) is 14.1. The number of aromatic nitrogens is 1. The van der Waals surface area contributed by atoms with Crippen LogP contribution in [0.25, 0.3) is 11.1 Å². The topological polar surface area (TPSA) is 66.0 Å². The van der Waals surface area contributed by atoms with Crippen molar-refractivity contribution in [2.45, 2.75) is 19.8 Å². The summed E-state index contributed by atoms with van der Waals surface area (Å²) in [7, 11) is 0. The summed E-state index contributed by atoms with van der Waals surface area (Å²) in [5, 5.41) is 9.32. The molecule has 0 saturated carbocycles. The molecule has 3 N–H and O–H groups in total. The highest BCUT2D eigenvalue weighted by atomic mass is 19.1. The molecule has 2 aliphatic rings. The monoisotopic (exact) mass is 392 g/mol. The van der Waals surface area contributed by atoms with Gasteiger partial charge in [0.05, 0.1) is 11.3 Å². The van der Waals surface area contributed by atoms with Crippen LogP contribution < -0.4 is 16.0 Å². The molecule has 2 aliphatic heterocycles. The Hall–Kier alpha value is -2.83. The molecule has 5 nitrogen and oxygen atoms in total. The molecule has 2 aromatic rings. The second-order valence-electron chi connectivity index (χ2n) is 7.40. The Balaban J connectivity index is 1.50. The van der Waals surface area contributed by atoms with E-state index in [0.717, 1.165) is 55.9 Å². The summed E-state index contributed by atoms with van der Waals surface area (Å²) in [5.74, 6) is -0.606. The van der Waals surface area contributed by atoms with Crippen LogP contribution in [0.4, 0.5) is 10.1 Å². The maximum Gasteiger partial charge on any atom is 0.257 e. The fourth-order valence-electron chi connectivity index (χ4n) is 3.70. The minimum Gasteiger partial charge on any atom is -0.322 e. The third kappa shape index (κ3) is 4.44. The number of pyridine rings is 1. The number of hydrogen-bond acceptors (Lipinski definition) is 4. The lowest BCUT2D eigenvalue weighted by Gasteiger charge is -2.17. The van der Waals surface area contributed by atoms with Gasteiger partial charge in [-0.15, -0.1) is 0 Å². The number of aryl methyl sites for hydroxylation is 1. The molecule has 0 fully saturated rings. The molecule has 3 heterocycles. The highest BCUT2D eigenvalue weighted by molar-refractivity contribution is 6.04. The lowest BCUT2D eigenvalue weighted by molar-refractivity contribution is 0.102. The Bertz CT molecular complexity index is 979. The smallest absolute Gasteiger partial charge is 0.257 e. The molecule has 0 aliphatic carbocycles. The van der Waals surface area contributed by atoms with Crippen LogP contribution in [-0.4, -0.2) is 37.1 Å². The number of carbonyl (C=O) groups is 1. The van der Waals surface area contributed by atoms with Crippen LogP contribution in [0.5, 0.6) is 0 Å². The molecule has 0 atom stereocenters. The van der Waals surface area contributed by atoms with Crippen molar-refractivity contribution in [2.24, 2.45) is 0 Å². The van der Waals surface area contributed by atoms with Crippen LogP contribution in [-0.2, 0) is 0 Å². The van der Waals surface area contributed by atoms with Gasteiger partial charge in [0.2, 0.25) is 0 Å². The number of nitrogens with one attached hydrogen (secondary N) is 3. The normalized spacial score (nSPS) is 16.8. The fraction of sp³-hybridized carbons (Fsp3) is 0.304. The third-order valence-electron chi connectivity index (χ3n) is 5.39. The first-order valence-electron chi connectivity index (χ1n) is 9.99. The van der Waals surface area contributed by atoms with Gasteiger partial charge >= 0.3 is 0 Å². The lowest BCUT2D eigenvalue weighted by atomic mass is 9.97. The molecule has 1 aromatic heterocycles. The quantitative estimate of drug-likeness (QED) is 0.745. The highest BCUT2D eigenvalue weighted by Gasteiger charge is 2.16. The van der Waals surface area contributed by atoms with E-state index in [9.17, 15) is 9.18 Å². The predicted molar refractivity (Wildman–Crippen MR) is 114 cm³/mol. The predicted octanol–water partition coefficient (Wildman–Crippen LogP) is 3.53. The van der Waals surface area contributed by atoms with Gasteiger partial charge in [0.15, 0.2) is 0 Å². The molecule has 0 saturated heterocycles. The Morgan fingerprint density at radius 2 is 1.79 bits per heavy atom. The van der Waals surface area contributed by atoms with Gasteiger partial charge in [-0.25, -0.2) is 4.39 Å². The van der Waals surface area contributed by atoms with Gasteiger partial charge in [0, 0.05) is 30.5 Å². The summed E-state index contributed by atoms with van der Waals surface area (Å²) < 4.78 is 14.7. The molecule has 6 heteroatoms. The Morgan fingerprint density at radius 1 is 1.07 bits per heavy atom. The van der Waals surface area contributed by atoms with E-state index in [-0.39, 0.29) is 11.7 Å². The van der Waals surface area contributed by atoms with Crippen LogP contribution in [0.1, 0.15) is 40.0 Å². The van der Waals surface area contributed by atoms with E-state index in [2.05, 4.69) is 27.0 Å². The van der Waals surface area contributed by atoms with Gasteiger partial charge in [-0.05, 0) is 73.8 Å². The minimum absolute atomic E-state index is 0.292. The molecule has 150 valence electrons. The first-order valence-corrected chi connectivity index (χ1v) is 9.99. The highest BCUT2D eigenvalue weighted by Crippen LogP contribution is 2.28. The van der Waals surface area contributed by atoms with Crippen molar-refractivity contribution in [3.63, 3.8) is 0 Å². The number of benzene rings is 1. The van der Waals surface area contributed by atoms with Crippen molar-refractivity contribution in [2.75, 3.05) is 31.5 Å². The summed E-state index contributed by atoms with van der Waals surface area (Å²) in [6, 6.07) is 6.85. The Labute approximate surface area is 170 Å². The van der Waals surface area contributed by atoms with Gasteiger partial charge < -0.3 is 16.0 Å². The van der Waals surface area contributed by atoms with Gasteiger partial charge in [0.25, 0.3) is 5.91 Å². The van der Waals surface area contributed by atoms with Gasteiger partial charge in [0.1, 0.15) is 5.82 Å². The largest absolute Gasteiger partial charge is 0.322 e. The summed E-state index contributed by atoms with van der Waals surface area (Å²) in [6.07, 6.45) is 7.44. The number of hydrogen-bond donors (Lipinski definition) is 3. The molecule has 29 heavy (non-hydrogen) atoms. The van der Waals surface area contributed by atoms with Crippen molar-refractivity contribution < 1.29 is 9.18 Å². The van der Waals surface area contributed by atoms with E-state index in [1.165, 1.54) is 11.6 Å². The number of rotatable bonds is 4. The summed E-state index contributed by atoms with van der Waals surface area (Å²) in [5.41, 5.74) is 5.47. The molecular weight excluding hydrogens is 367 g/mol. The fourth-order valence-corrected chi connectivity index (χ4v) is 3.70. The van der Waals surface area contributed by atoms with Crippen LogP contribution in [0.3, 0.4) is 0 Å². The number of anilines is 1. The second-order valence-corrected chi connectivity index (χ2v) is 7.40.